The molecule has 0 aliphatic carbocycles. The lowest BCUT2D eigenvalue weighted by atomic mass is 10.1. The van der Waals surface area contributed by atoms with Crippen molar-refractivity contribution >= 4 is 63.8 Å². The van der Waals surface area contributed by atoms with Crippen molar-refractivity contribution < 1.29 is 28.6 Å². The van der Waals surface area contributed by atoms with E-state index in [1.54, 1.807) is 26.0 Å². The fourth-order valence-corrected chi connectivity index (χ4v) is 3.28. The van der Waals surface area contributed by atoms with Gasteiger partial charge in [0.25, 0.3) is 11.8 Å². The Morgan fingerprint density at radius 3 is 2.61 bits per heavy atom. The molecule has 0 atom stereocenters. The summed E-state index contributed by atoms with van der Waals surface area (Å²) in [6, 6.07) is 3.34. The van der Waals surface area contributed by atoms with Crippen LogP contribution in [0.5, 0.6) is 11.5 Å². The molecule has 1 fully saturated rings. The van der Waals surface area contributed by atoms with Crippen molar-refractivity contribution in [3.63, 3.8) is 0 Å². The number of amides is 2. The Balaban J connectivity index is 2.36. The lowest BCUT2D eigenvalue weighted by molar-refractivity contribution is -0.145. The summed E-state index contributed by atoms with van der Waals surface area (Å²) in [4.78, 5) is 37.2. The Bertz CT molecular complexity index is 855. The van der Waals surface area contributed by atoms with Crippen molar-refractivity contribution in [1.82, 2.24) is 10.2 Å². The molecule has 0 spiro atoms. The number of hydrogen-bond acceptors (Lipinski definition) is 7. The average Bonchev–Trinajstić information content (AvgIpc) is 2.63. The summed E-state index contributed by atoms with van der Waals surface area (Å²) < 4.78 is 16.7. The monoisotopic (exact) mass is 518 g/mol. The Morgan fingerprint density at radius 2 is 1.96 bits per heavy atom. The van der Waals surface area contributed by atoms with Crippen LogP contribution in [0.2, 0.25) is 0 Å². The smallest absolute Gasteiger partial charge is 0.344 e. The van der Waals surface area contributed by atoms with Gasteiger partial charge in [0.15, 0.2) is 23.2 Å². The highest BCUT2D eigenvalue weighted by molar-refractivity contribution is 14.1. The molecule has 1 aliphatic heterocycles. The second kappa shape index (κ2) is 9.82. The van der Waals surface area contributed by atoms with Crippen LogP contribution in [0.4, 0.5) is 0 Å². The van der Waals surface area contributed by atoms with Gasteiger partial charge in [0.2, 0.25) is 0 Å². The molecule has 1 aromatic rings. The van der Waals surface area contributed by atoms with Gasteiger partial charge in [-0.3, -0.25) is 19.8 Å². The SMILES string of the molecule is CCOC(=O)COc1c(I)cc(/C=C2/C(=O)NC(=S)N(C)C2=O)cc1OCC. The van der Waals surface area contributed by atoms with E-state index < -0.39 is 17.8 Å². The minimum absolute atomic E-state index is 0.0467. The van der Waals surface area contributed by atoms with E-state index in [-0.39, 0.29) is 23.9 Å². The van der Waals surface area contributed by atoms with Gasteiger partial charge in [-0.15, -0.1) is 0 Å². The van der Waals surface area contributed by atoms with Crippen molar-refractivity contribution in [2.75, 3.05) is 26.9 Å². The standard InChI is InChI=1S/C18H19IN2O6S/c1-4-25-13-8-10(6-11-16(23)20-18(28)21(3)17(11)24)7-12(19)15(13)27-9-14(22)26-5-2/h6-8H,4-5,9H2,1-3H3,(H,20,23,28)/b11-6-. The number of esters is 1. The molecule has 1 aliphatic rings. The molecule has 1 heterocycles. The van der Waals surface area contributed by atoms with Crippen LogP contribution in [-0.4, -0.2) is 54.7 Å². The van der Waals surface area contributed by atoms with Gasteiger partial charge in [-0.05, 0) is 72.4 Å². The van der Waals surface area contributed by atoms with Crippen LogP contribution < -0.4 is 14.8 Å². The van der Waals surface area contributed by atoms with Gasteiger partial charge >= 0.3 is 5.97 Å². The van der Waals surface area contributed by atoms with Gasteiger partial charge in [-0.25, -0.2) is 4.79 Å². The maximum absolute atomic E-state index is 12.4. The molecule has 2 rings (SSSR count). The number of thiocarbonyl (C=S) groups is 1. The van der Waals surface area contributed by atoms with Crippen molar-refractivity contribution in [2.45, 2.75) is 13.8 Å². The van der Waals surface area contributed by atoms with Crippen molar-refractivity contribution in [2.24, 2.45) is 0 Å². The van der Waals surface area contributed by atoms with Crippen molar-refractivity contribution in [3.05, 3.63) is 26.8 Å². The van der Waals surface area contributed by atoms with Gasteiger partial charge in [-0.1, -0.05) is 0 Å². The van der Waals surface area contributed by atoms with Gasteiger partial charge < -0.3 is 14.2 Å². The third kappa shape index (κ3) is 5.19. The number of carbonyl (C=O) groups excluding carboxylic acids is 3. The zero-order valence-electron chi connectivity index (χ0n) is 15.5. The second-order valence-corrected chi connectivity index (χ2v) is 7.09. The van der Waals surface area contributed by atoms with E-state index >= 15 is 0 Å². The molecular weight excluding hydrogens is 499 g/mol. The first-order valence-corrected chi connectivity index (χ1v) is 9.87. The van der Waals surface area contributed by atoms with E-state index in [1.807, 2.05) is 22.6 Å². The number of nitrogens with one attached hydrogen (secondary N) is 1. The van der Waals surface area contributed by atoms with Crippen LogP contribution in [0.3, 0.4) is 0 Å². The molecule has 2 amide bonds. The van der Waals surface area contributed by atoms with Crippen LogP contribution in [0.15, 0.2) is 17.7 Å². The molecule has 0 unspecified atom stereocenters. The molecule has 1 N–H and O–H groups in total. The average molecular weight is 518 g/mol. The molecule has 1 aromatic carbocycles. The highest BCUT2D eigenvalue weighted by Crippen LogP contribution is 2.35. The minimum Gasteiger partial charge on any atom is -0.490 e. The van der Waals surface area contributed by atoms with Crippen LogP contribution in [-0.2, 0) is 19.1 Å². The summed E-state index contributed by atoms with van der Waals surface area (Å²) in [5.74, 6) is -0.781. The molecule has 150 valence electrons. The van der Waals surface area contributed by atoms with E-state index in [1.165, 1.54) is 18.0 Å². The molecule has 0 aromatic heterocycles. The fourth-order valence-electron chi connectivity index (χ4n) is 2.32. The third-order valence-corrected chi connectivity index (χ3v) is 4.76. The number of likely N-dealkylation sites (N-methyl/N-ethyl adjacent to an activating group) is 1. The van der Waals surface area contributed by atoms with E-state index in [0.29, 0.717) is 27.2 Å². The topological polar surface area (TPSA) is 94.2 Å². The predicted octanol–water partition coefficient (Wildman–Crippen LogP) is 1.89. The minimum atomic E-state index is -0.566. The summed E-state index contributed by atoms with van der Waals surface area (Å²) in [6.45, 7) is 3.89. The Kier molecular flexibility index (Phi) is 7.75. The number of halogens is 1. The van der Waals surface area contributed by atoms with Crippen LogP contribution >= 0.6 is 34.8 Å². The molecule has 1 saturated heterocycles. The van der Waals surface area contributed by atoms with Crippen molar-refractivity contribution in [3.8, 4) is 11.5 Å². The maximum atomic E-state index is 12.4. The molecule has 28 heavy (non-hydrogen) atoms. The summed E-state index contributed by atoms with van der Waals surface area (Å²) >= 11 is 6.96. The van der Waals surface area contributed by atoms with E-state index in [4.69, 9.17) is 26.4 Å². The zero-order valence-corrected chi connectivity index (χ0v) is 18.5. The van der Waals surface area contributed by atoms with Crippen LogP contribution in [0, 0.1) is 3.57 Å². The molecule has 8 nitrogen and oxygen atoms in total. The maximum Gasteiger partial charge on any atom is 0.344 e. The van der Waals surface area contributed by atoms with E-state index in [2.05, 4.69) is 5.32 Å². The number of ether oxygens (including phenoxy) is 3. The normalized spacial score (nSPS) is 15.5. The highest BCUT2D eigenvalue weighted by atomic mass is 127. The molecule has 0 bridgehead atoms. The largest absolute Gasteiger partial charge is 0.490 e. The fraction of sp³-hybridized carbons (Fsp3) is 0.333. The predicted molar refractivity (Wildman–Crippen MR) is 114 cm³/mol. The number of carbonyl (C=O) groups is 3. The summed E-state index contributed by atoms with van der Waals surface area (Å²) in [5, 5.41) is 2.52. The van der Waals surface area contributed by atoms with Crippen LogP contribution in [0.25, 0.3) is 6.08 Å². The molecule has 0 radical (unpaired) electrons. The molecule has 0 saturated carbocycles. The van der Waals surface area contributed by atoms with Gasteiger partial charge in [0.05, 0.1) is 16.8 Å². The quantitative estimate of drug-likeness (QED) is 0.194. The number of hydrogen-bond donors (Lipinski definition) is 1. The third-order valence-electron chi connectivity index (χ3n) is 3.59. The van der Waals surface area contributed by atoms with Gasteiger partial charge in [0, 0.05) is 7.05 Å². The number of rotatable bonds is 7. The molecular formula is C18H19IN2O6S. The number of benzene rings is 1. The van der Waals surface area contributed by atoms with E-state index in [0.717, 1.165) is 0 Å². The summed E-state index contributed by atoms with van der Waals surface area (Å²) in [6.07, 6.45) is 1.45. The second-order valence-electron chi connectivity index (χ2n) is 5.54. The summed E-state index contributed by atoms with van der Waals surface area (Å²) in [7, 11) is 1.49. The first-order valence-electron chi connectivity index (χ1n) is 8.38. The van der Waals surface area contributed by atoms with Gasteiger partial charge in [-0.2, -0.15) is 0 Å². The van der Waals surface area contributed by atoms with E-state index in [9.17, 15) is 14.4 Å². The Labute approximate surface area is 181 Å². The molecule has 10 heteroatoms. The Morgan fingerprint density at radius 1 is 1.25 bits per heavy atom. The Hall–Kier alpha value is -2.21. The first-order chi connectivity index (χ1) is 13.3. The highest BCUT2D eigenvalue weighted by Gasteiger charge is 2.30. The van der Waals surface area contributed by atoms with Crippen molar-refractivity contribution in [1.29, 1.82) is 0 Å². The lowest BCUT2D eigenvalue weighted by Crippen LogP contribution is -2.52. The number of nitrogens with zero attached hydrogens (tertiary/aromatic N) is 1. The van der Waals surface area contributed by atoms with Crippen LogP contribution in [0.1, 0.15) is 19.4 Å². The lowest BCUT2D eigenvalue weighted by Gasteiger charge is -2.25. The van der Waals surface area contributed by atoms with Gasteiger partial charge in [0.1, 0.15) is 5.57 Å². The first kappa shape index (κ1) is 22.1. The zero-order chi connectivity index (χ0) is 20.8. The summed E-state index contributed by atoms with van der Waals surface area (Å²) in [5.41, 5.74) is 0.519.